The number of hydrogen-bond donors (Lipinski definition) is 18. The van der Waals surface area contributed by atoms with Crippen molar-refractivity contribution in [3.63, 3.8) is 0 Å². The van der Waals surface area contributed by atoms with Crippen LogP contribution in [-0.2, 0) is 94.4 Å². The summed E-state index contributed by atoms with van der Waals surface area (Å²) in [7, 11) is 0. The van der Waals surface area contributed by atoms with E-state index in [-0.39, 0.29) is 19.3 Å². The number of halogens is 2. The van der Waals surface area contributed by atoms with Crippen molar-refractivity contribution in [3.05, 3.63) is 173 Å². The first-order chi connectivity index (χ1) is 50.6. The van der Waals surface area contributed by atoms with Crippen LogP contribution in [0.3, 0.4) is 0 Å². The summed E-state index contributed by atoms with van der Waals surface area (Å²) in [4.78, 5) is 182. The summed E-state index contributed by atoms with van der Waals surface area (Å²) in [5, 5.41) is 74.2. The second-order valence-corrected chi connectivity index (χ2v) is 25.7. The van der Waals surface area contributed by atoms with Crippen molar-refractivity contribution in [1.29, 1.82) is 0 Å². The van der Waals surface area contributed by atoms with Gasteiger partial charge in [0, 0.05) is 43.1 Å². The molecule has 0 aliphatic carbocycles. The lowest BCUT2D eigenvalue weighted by molar-refractivity contribution is -0.142. The number of carbonyl (C=O) groups is 13. The van der Waals surface area contributed by atoms with Crippen molar-refractivity contribution in [2.75, 3.05) is 13.2 Å². The van der Waals surface area contributed by atoms with Crippen LogP contribution < -0.4 is 64.6 Å². The Labute approximate surface area is 612 Å². The largest absolute Gasteiger partial charge is 0.481 e. The molecule has 0 aliphatic rings. The van der Waals surface area contributed by atoms with Gasteiger partial charge in [0.15, 0.2) is 0 Å². The average Bonchev–Trinajstić information content (AvgIpc) is 1.05. The minimum absolute atomic E-state index is 0.00733. The number of carboxylic acid groups (broad SMARTS) is 2. The maximum absolute atomic E-state index is 15.5. The Kier molecular flexibility index (Phi) is 30.9. The number of nitrogens with one attached hydrogen (secondary N) is 11. The van der Waals surface area contributed by atoms with Gasteiger partial charge in [0.05, 0.1) is 50.6 Å². The third kappa shape index (κ3) is 24.6. The number of rotatable bonds is 39. The second kappa shape index (κ2) is 39.3. The van der Waals surface area contributed by atoms with Crippen LogP contribution in [0, 0.1) is 18.6 Å². The van der Waals surface area contributed by atoms with Crippen LogP contribution in [0.5, 0.6) is 0 Å². The molecule has 0 saturated carbocycles. The fourth-order valence-electron chi connectivity index (χ4n) is 11.2. The number of aromatic nitrogens is 2. The fraction of sp³-hybridized carbons (Fsp3) is 0.370. The molecule has 0 fully saturated rings. The molecule has 20 N–H and O–H groups in total. The molecule has 0 saturated heterocycles. The number of carbonyl (C=O) groups excluding carboxylic acids is 11. The summed E-state index contributed by atoms with van der Waals surface area (Å²) in [5.41, 5.74) is 15.4. The average molecular weight is 1490 g/mol. The van der Waals surface area contributed by atoms with Crippen LogP contribution in [0.25, 0.3) is 22.3 Å². The highest BCUT2D eigenvalue weighted by Crippen LogP contribution is 2.27. The minimum Gasteiger partial charge on any atom is -0.481 e. The number of aromatic amines is 1. The summed E-state index contributed by atoms with van der Waals surface area (Å²) in [6, 6.07) is 15.9. The Bertz CT molecular complexity index is 4170. The van der Waals surface area contributed by atoms with Gasteiger partial charge in [-0.25, -0.2) is 13.8 Å². The standard InChI is InChI=1S/C73H88F2N14O18/c1-7-43-14-9-11-16-48(43)45-25-21-42(22-26-45)28-54(67(102)82-53(63(77)98)27-41-19-23-44(24-20-41)47-15-10-8-13-37(47)2)84-68(103)56(31-60(96)97)85-69(104)57(35-90)86-70(105)61(39(4)91)88-72(107)73(6,32-49-50(74)17-12-18-51(49)75)89-71(106)62(40(5)92)87-58(93)34-79-66(101)55(30-59(94)95)83-64(99)38(3)81-65(100)52(76)29-46-33-78-36-80-46/h8-26,33,36,38-40,52-57,61-62,90-92H,7,27-32,34-35,76H2,1-6H3,(H2,77,98)(H,78,80)(H,79,101)(H,81,100)(H,82,102)(H,83,99)(H,84,103)(H,85,104)(H,86,105)(H,87,93)(H,88,107)(H,89,106)(H,94,95)(H,96,97)/t38-,39+,40+,52-,53-,54-,55-,56-,57-,61-,62-,73-/m0/s1. The molecule has 572 valence electrons. The maximum atomic E-state index is 15.5. The minimum atomic E-state index is -2.68. The molecule has 6 rings (SSSR count). The fourth-order valence-corrected chi connectivity index (χ4v) is 11.2. The van der Waals surface area contributed by atoms with Crippen LogP contribution in [0.4, 0.5) is 8.78 Å². The van der Waals surface area contributed by atoms with Gasteiger partial charge in [-0.05, 0) is 97.7 Å². The molecule has 0 unspecified atom stereocenters. The van der Waals surface area contributed by atoms with Crippen molar-refractivity contribution in [1.82, 2.24) is 63.1 Å². The monoisotopic (exact) mass is 1490 g/mol. The van der Waals surface area contributed by atoms with Gasteiger partial charge in [0.1, 0.15) is 65.5 Å². The number of primary amides is 1. The molecule has 0 bridgehead atoms. The van der Waals surface area contributed by atoms with E-state index in [4.69, 9.17) is 11.5 Å². The van der Waals surface area contributed by atoms with Crippen LogP contribution >= 0.6 is 0 Å². The zero-order chi connectivity index (χ0) is 79.0. The number of aryl methyl sites for hydroxylation is 2. The lowest BCUT2D eigenvalue weighted by Gasteiger charge is -2.34. The van der Waals surface area contributed by atoms with E-state index in [9.17, 15) is 87.9 Å². The zero-order valence-electron chi connectivity index (χ0n) is 59.2. The van der Waals surface area contributed by atoms with Gasteiger partial charge >= 0.3 is 11.9 Å². The highest BCUT2D eigenvalue weighted by atomic mass is 19.1. The van der Waals surface area contributed by atoms with E-state index in [0.29, 0.717) is 23.2 Å². The molecule has 107 heavy (non-hydrogen) atoms. The third-order valence-corrected chi connectivity index (χ3v) is 17.2. The number of aliphatic carboxylic acids is 2. The molecule has 1 aromatic heterocycles. The highest BCUT2D eigenvalue weighted by molar-refractivity contribution is 6.01. The van der Waals surface area contributed by atoms with Gasteiger partial charge in [-0.15, -0.1) is 0 Å². The van der Waals surface area contributed by atoms with Gasteiger partial charge in [-0.3, -0.25) is 62.3 Å². The molecular weight excluding hydrogens is 1400 g/mol. The number of nitrogens with two attached hydrogens (primary N) is 2. The van der Waals surface area contributed by atoms with Crippen LogP contribution in [0.2, 0.25) is 0 Å². The molecule has 0 radical (unpaired) electrons. The molecule has 0 spiro atoms. The predicted octanol–water partition coefficient (Wildman–Crippen LogP) is -1.43. The highest BCUT2D eigenvalue weighted by Gasteiger charge is 2.43. The molecule has 6 aromatic rings. The second-order valence-electron chi connectivity index (χ2n) is 25.7. The van der Waals surface area contributed by atoms with Crippen molar-refractivity contribution in [2.45, 2.75) is 159 Å². The van der Waals surface area contributed by atoms with Crippen molar-refractivity contribution in [3.8, 4) is 22.3 Å². The number of nitrogens with zero attached hydrogens (tertiary/aromatic N) is 1. The van der Waals surface area contributed by atoms with Gasteiger partial charge in [0.25, 0.3) is 0 Å². The predicted molar refractivity (Wildman–Crippen MR) is 380 cm³/mol. The number of amides is 11. The van der Waals surface area contributed by atoms with Gasteiger partial charge in [0.2, 0.25) is 65.0 Å². The number of H-pyrrole nitrogens is 1. The normalized spacial score (nSPS) is 14.8. The number of benzene rings is 5. The number of hydrogen-bond acceptors (Lipinski definition) is 18. The van der Waals surface area contributed by atoms with Crippen LogP contribution in [-0.4, -0.2) is 198 Å². The summed E-state index contributed by atoms with van der Waals surface area (Å²) in [6.07, 6.45) is -4.19. The number of imidazole rings is 1. The topological polar surface area (TPSA) is 524 Å². The van der Waals surface area contributed by atoms with E-state index in [0.717, 1.165) is 72.4 Å². The Hall–Kier alpha value is -11.9. The smallest absolute Gasteiger partial charge is 0.305 e. The Balaban J connectivity index is 1.17. The van der Waals surface area contributed by atoms with Crippen LogP contribution in [0.15, 0.2) is 128 Å². The number of aliphatic hydroxyl groups is 3. The molecule has 5 aromatic carbocycles. The van der Waals surface area contributed by atoms with Crippen molar-refractivity contribution < 1.29 is 96.6 Å². The van der Waals surface area contributed by atoms with E-state index in [2.05, 4.69) is 63.1 Å². The van der Waals surface area contributed by atoms with Crippen molar-refractivity contribution in [2.24, 2.45) is 11.5 Å². The molecule has 32 nitrogen and oxygen atoms in total. The zero-order valence-corrected chi connectivity index (χ0v) is 59.2. The van der Waals surface area contributed by atoms with E-state index < -0.39 is 199 Å². The van der Waals surface area contributed by atoms with Gasteiger partial charge in [-0.2, -0.15) is 0 Å². The van der Waals surface area contributed by atoms with Gasteiger partial charge < -0.3 is 95.2 Å². The summed E-state index contributed by atoms with van der Waals surface area (Å²) < 4.78 is 30.9. The molecular formula is C73H88F2N14O18. The first-order valence-corrected chi connectivity index (χ1v) is 33.8. The molecule has 0 aliphatic heterocycles. The van der Waals surface area contributed by atoms with E-state index in [1.807, 2.05) is 74.5 Å². The number of aliphatic hydroxyl groups excluding tert-OH is 3. The molecule has 11 amide bonds. The molecule has 1 heterocycles. The quantitative estimate of drug-likeness (QED) is 0.0210. The van der Waals surface area contributed by atoms with E-state index in [1.165, 1.54) is 19.4 Å². The first kappa shape index (κ1) is 84.1. The maximum Gasteiger partial charge on any atom is 0.305 e. The van der Waals surface area contributed by atoms with Crippen molar-refractivity contribution >= 4 is 76.9 Å². The summed E-state index contributed by atoms with van der Waals surface area (Å²) in [5.74, 6) is -19.4. The van der Waals surface area contributed by atoms with Crippen LogP contribution in [0.1, 0.15) is 81.0 Å². The lowest BCUT2D eigenvalue weighted by atomic mass is 9.89. The number of carboxylic acids is 2. The Morgan fingerprint density at radius 1 is 0.551 bits per heavy atom. The van der Waals surface area contributed by atoms with E-state index in [1.54, 1.807) is 36.4 Å². The molecule has 34 heteroatoms. The van der Waals surface area contributed by atoms with Gasteiger partial charge in [-0.1, -0.05) is 110 Å². The Morgan fingerprint density at radius 2 is 1.05 bits per heavy atom. The molecule has 12 atom stereocenters. The summed E-state index contributed by atoms with van der Waals surface area (Å²) >= 11 is 0. The lowest BCUT2D eigenvalue weighted by Crippen LogP contribution is -2.67. The third-order valence-electron chi connectivity index (χ3n) is 17.2. The Morgan fingerprint density at radius 3 is 1.59 bits per heavy atom. The summed E-state index contributed by atoms with van der Waals surface area (Å²) in [6.45, 7) is 5.52. The van der Waals surface area contributed by atoms with E-state index >= 15 is 8.78 Å². The first-order valence-electron chi connectivity index (χ1n) is 33.8. The SMILES string of the molecule is CCc1ccccc1-c1ccc(C[C@H](NC(=O)[C@H](CC(=O)O)NC(=O)[C@H](CO)NC(=O)[C@@H](NC(=O)[C@](C)(Cc2c(F)cccc2F)NC(=O)[C@@H](NC(=O)CNC(=O)[C@H](CC(=O)O)NC(=O)[C@H](C)NC(=O)[C@@H](N)Cc2cnc[nH]2)[C@@H](C)O)[C@@H](C)O)C(=O)N[C@@H](Cc2ccc(-c3ccccc3C)cc2)C(N)=O)cc1.